The second kappa shape index (κ2) is 5.71. The van der Waals surface area contributed by atoms with Gasteiger partial charge in [-0.25, -0.2) is 0 Å². The highest BCUT2D eigenvalue weighted by Crippen LogP contribution is 2.24. The molecule has 2 aromatic heterocycles. The summed E-state index contributed by atoms with van der Waals surface area (Å²) >= 11 is 0. The first-order valence-corrected chi connectivity index (χ1v) is 5.62. The molecule has 2 aromatic rings. The minimum atomic E-state index is -0.912. The van der Waals surface area contributed by atoms with E-state index in [1.807, 2.05) is 5.32 Å². The number of hydrogen-bond acceptors (Lipinski definition) is 10. The quantitative estimate of drug-likeness (QED) is 0.294. The number of aromatic nitrogens is 4. The number of nitrogens with one attached hydrogen (secondary N) is 3. The molecule has 0 aliphatic heterocycles. The van der Waals surface area contributed by atoms with Gasteiger partial charge in [0.2, 0.25) is 29.1 Å². The van der Waals surface area contributed by atoms with Crippen molar-refractivity contribution in [1.82, 2.24) is 19.9 Å². The highest BCUT2D eigenvalue weighted by molar-refractivity contribution is 5.49. The van der Waals surface area contributed by atoms with Gasteiger partial charge in [-0.2, -0.15) is 15.2 Å². The molecule has 0 amide bonds. The normalized spacial score (nSPS) is 10.5. The maximum atomic E-state index is 11.7. The van der Waals surface area contributed by atoms with Crippen molar-refractivity contribution in [2.75, 3.05) is 5.32 Å². The number of anilines is 1. The Morgan fingerprint density at radius 3 is 2.14 bits per heavy atom. The fourth-order valence-corrected chi connectivity index (χ4v) is 1.41. The third-order valence-corrected chi connectivity index (χ3v) is 2.30. The number of azo groups is 1. The molecular formula is C10H8N8O4. The van der Waals surface area contributed by atoms with Crippen LogP contribution in [0.3, 0.4) is 0 Å². The number of nitriles is 1. The van der Waals surface area contributed by atoms with E-state index in [0.29, 0.717) is 0 Å². The predicted octanol–water partition coefficient (Wildman–Crippen LogP) is -0.119. The molecule has 0 saturated heterocycles. The lowest BCUT2D eigenvalue weighted by atomic mass is 10.5. The maximum Gasteiger partial charge on any atom is 0.284 e. The van der Waals surface area contributed by atoms with Crippen molar-refractivity contribution in [3.8, 4) is 18.0 Å². The summed E-state index contributed by atoms with van der Waals surface area (Å²) in [5.41, 5.74) is -2.84. The molecule has 0 aromatic carbocycles. The van der Waals surface area contributed by atoms with Gasteiger partial charge in [-0.3, -0.25) is 19.9 Å². The maximum absolute atomic E-state index is 11.7. The van der Waals surface area contributed by atoms with E-state index in [-0.39, 0.29) is 11.8 Å². The first kappa shape index (κ1) is 14.7. The first-order chi connectivity index (χ1) is 10.4. The molecule has 0 bridgehead atoms. The summed E-state index contributed by atoms with van der Waals surface area (Å²) in [6, 6.07) is 0. The van der Waals surface area contributed by atoms with Gasteiger partial charge in [0.15, 0.2) is 6.19 Å². The molecule has 0 spiro atoms. The first-order valence-electron chi connectivity index (χ1n) is 5.62. The molecule has 0 atom stereocenters. The van der Waals surface area contributed by atoms with Crippen LogP contribution in [0.2, 0.25) is 0 Å². The number of H-pyrrole nitrogens is 2. The van der Waals surface area contributed by atoms with Crippen LogP contribution in [0.15, 0.2) is 19.8 Å². The zero-order chi connectivity index (χ0) is 16.3. The fraction of sp³-hybridized carbons (Fsp3) is 0.100. The van der Waals surface area contributed by atoms with Crippen LogP contribution in [0, 0.1) is 18.4 Å². The molecule has 0 aliphatic rings. The summed E-state index contributed by atoms with van der Waals surface area (Å²) in [5, 5.41) is 36.2. The smallest absolute Gasteiger partial charge is 0.284 e. The van der Waals surface area contributed by atoms with Gasteiger partial charge in [0.25, 0.3) is 11.1 Å². The van der Waals surface area contributed by atoms with E-state index in [0.717, 1.165) is 0 Å². The SMILES string of the molecule is Cc1nc(O)c(N=Nc2c(O)nc(NC#N)[nH]c2=O)c(=O)[nH]1. The van der Waals surface area contributed by atoms with Crippen LogP contribution in [0.1, 0.15) is 5.82 Å². The molecule has 5 N–H and O–H groups in total. The van der Waals surface area contributed by atoms with Crippen LogP contribution in [-0.4, -0.2) is 30.1 Å². The van der Waals surface area contributed by atoms with Crippen molar-refractivity contribution in [2.24, 2.45) is 10.2 Å². The lowest BCUT2D eigenvalue weighted by Gasteiger charge is -2.00. The number of aromatic hydroxyl groups is 2. The van der Waals surface area contributed by atoms with Crippen LogP contribution < -0.4 is 16.4 Å². The van der Waals surface area contributed by atoms with Crippen LogP contribution in [0.25, 0.3) is 0 Å². The lowest BCUT2D eigenvalue weighted by molar-refractivity contribution is 0.448. The van der Waals surface area contributed by atoms with Crippen LogP contribution in [0.4, 0.5) is 17.3 Å². The average molecular weight is 304 g/mol. The van der Waals surface area contributed by atoms with Gasteiger partial charge in [-0.1, -0.05) is 0 Å². The molecular weight excluding hydrogens is 296 g/mol. The van der Waals surface area contributed by atoms with Gasteiger partial charge in [0.05, 0.1) is 0 Å². The molecule has 0 saturated carbocycles. The Bertz CT molecular complexity index is 907. The van der Waals surface area contributed by atoms with Gasteiger partial charge in [-0.05, 0) is 6.92 Å². The summed E-state index contributed by atoms with van der Waals surface area (Å²) in [5.74, 6) is -1.63. The number of aryl methyl sites for hydroxylation is 1. The van der Waals surface area contributed by atoms with E-state index in [2.05, 4.69) is 30.2 Å². The second-order valence-electron chi connectivity index (χ2n) is 3.85. The third-order valence-electron chi connectivity index (χ3n) is 2.30. The highest BCUT2D eigenvalue weighted by Gasteiger charge is 2.12. The number of aromatic amines is 2. The van der Waals surface area contributed by atoms with Crippen LogP contribution in [-0.2, 0) is 0 Å². The van der Waals surface area contributed by atoms with Crippen molar-refractivity contribution >= 4 is 17.3 Å². The van der Waals surface area contributed by atoms with E-state index in [4.69, 9.17) is 5.26 Å². The molecule has 0 radical (unpaired) electrons. The minimum absolute atomic E-state index is 0.163. The molecule has 0 fully saturated rings. The van der Waals surface area contributed by atoms with Crippen molar-refractivity contribution in [1.29, 1.82) is 5.26 Å². The lowest BCUT2D eigenvalue weighted by Crippen LogP contribution is -2.10. The summed E-state index contributed by atoms with van der Waals surface area (Å²) in [6.07, 6.45) is 1.50. The Kier molecular flexibility index (Phi) is 3.80. The summed E-state index contributed by atoms with van der Waals surface area (Å²) in [4.78, 5) is 34.6. The average Bonchev–Trinajstić information content (AvgIpc) is 2.40. The molecule has 12 heteroatoms. The van der Waals surface area contributed by atoms with E-state index < -0.39 is 34.3 Å². The zero-order valence-corrected chi connectivity index (χ0v) is 10.9. The Hall–Kier alpha value is -3.75. The molecule has 0 aliphatic carbocycles. The molecule has 0 unspecified atom stereocenters. The Morgan fingerprint density at radius 1 is 1.09 bits per heavy atom. The van der Waals surface area contributed by atoms with Crippen molar-refractivity contribution < 1.29 is 10.2 Å². The van der Waals surface area contributed by atoms with Gasteiger partial charge in [0.1, 0.15) is 5.82 Å². The number of nitrogens with zero attached hydrogens (tertiary/aromatic N) is 5. The topological polar surface area (TPSA) is 192 Å². The summed E-state index contributed by atoms with van der Waals surface area (Å²) in [7, 11) is 0. The largest absolute Gasteiger partial charge is 0.492 e. The fourth-order valence-electron chi connectivity index (χ4n) is 1.41. The van der Waals surface area contributed by atoms with Gasteiger partial charge in [-0.15, -0.1) is 10.2 Å². The molecule has 12 nitrogen and oxygen atoms in total. The number of rotatable bonds is 3. The van der Waals surface area contributed by atoms with E-state index in [1.54, 1.807) is 0 Å². The number of hydrogen-bond donors (Lipinski definition) is 5. The Labute approximate surface area is 120 Å². The van der Waals surface area contributed by atoms with Crippen molar-refractivity contribution in [3.05, 3.63) is 26.5 Å². The Balaban J connectivity index is 2.46. The predicted molar refractivity (Wildman–Crippen MR) is 71.2 cm³/mol. The van der Waals surface area contributed by atoms with Crippen LogP contribution in [0.5, 0.6) is 11.8 Å². The summed E-state index contributed by atoms with van der Waals surface area (Å²) in [6.45, 7) is 1.45. The van der Waals surface area contributed by atoms with Crippen molar-refractivity contribution in [3.63, 3.8) is 0 Å². The standard InChI is InChI=1S/C10H8N8O4/c1-3-13-6(19)4(7(20)14-3)17-18-5-8(21)15-10(12-2-11)16-9(5)22/h1H3,(H2,13,14,19,20)(H3,12,15,16,21,22). The van der Waals surface area contributed by atoms with E-state index >= 15 is 0 Å². The van der Waals surface area contributed by atoms with Crippen LogP contribution >= 0.6 is 0 Å². The monoisotopic (exact) mass is 304 g/mol. The van der Waals surface area contributed by atoms with Crippen molar-refractivity contribution in [2.45, 2.75) is 6.92 Å². The highest BCUT2D eigenvalue weighted by atomic mass is 16.3. The molecule has 2 heterocycles. The molecule has 2 rings (SSSR count). The third kappa shape index (κ3) is 2.88. The van der Waals surface area contributed by atoms with Gasteiger partial charge >= 0.3 is 0 Å². The van der Waals surface area contributed by atoms with E-state index in [9.17, 15) is 19.8 Å². The van der Waals surface area contributed by atoms with Gasteiger partial charge < -0.3 is 15.2 Å². The minimum Gasteiger partial charge on any atom is -0.492 e. The molecule has 112 valence electrons. The van der Waals surface area contributed by atoms with E-state index in [1.165, 1.54) is 13.1 Å². The summed E-state index contributed by atoms with van der Waals surface area (Å²) < 4.78 is 0. The van der Waals surface area contributed by atoms with Gasteiger partial charge in [0, 0.05) is 0 Å². The zero-order valence-electron chi connectivity index (χ0n) is 10.9. The molecule has 22 heavy (non-hydrogen) atoms. The Morgan fingerprint density at radius 2 is 1.64 bits per heavy atom. The second-order valence-corrected chi connectivity index (χ2v) is 3.85.